The van der Waals surface area contributed by atoms with Crippen LogP contribution in [0.2, 0.25) is 12.1 Å². The van der Waals surface area contributed by atoms with E-state index in [9.17, 15) is 0 Å². The molecule has 0 bridgehead atoms. The molecule has 11 aromatic rings. The van der Waals surface area contributed by atoms with Gasteiger partial charge in [0.05, 0.1) is 29.0 Å². The lowest BCUT2D eigenvalue weighted by atomic mass is 9.92. The van der Waals surface area contributed by atoms with Crippen molar-refractivity contribution < 1.29 is 8.78 Å². The number of halogens is 2. The fourth-order valence-electron chi connectivity index (χ4n) is 16.2. The van der Waals surface area contributed by atoms with Crippen LogP contribution in [0.15, 0.2) is 48.5 Å². The van der Waals surface area contributed by atoms with Gasteiger partial charge < -0.3 is 0 Å². The van der Waals surface area contributed by atoms with Gasteiger partial charge in [-0.1, -0.05) is 222 Å². The summed E-state index contributed by atoms with van der Waals surface area (Å²) in [7, 11) is -2.43. The SMILES string of the molecule is CCCCCCCC[Si]1(CCCCCCCC)c2cc(-c3cc(F)c(C)c4nsnc34)sc2-c2sc(-c3cc(F)c(-c4cc5c(-c6cc(CCCCCC)c(CC(CC)CCCC)s6)c6sc(C)cc6c(-c6cc(CCCCCC)c(CC(CC)CCCC)s6)c5s4)c4nsnc34)cc21. The molecule has 0 spiro atoms. The maximum absolute atomic E-state index is 18.7. The number of rotatable bonds is 41. The Bertz CT molecular complexity index is 4320. The van der Waals surface area contributed by atoms with E-state index in [1.54, 1.807) is 38.3 Å². The number of aromatic nitrogens is 4. The quantitative estimate of drug-likeness (QED) is 0.0283. The van der Waals surface area contributed by atoms with Gasteiger partial charge in [-0.25, -0.2) is 8.78 Å². The zero-order valence-corrected chi connectivity index (χ0v) is 68.7. The molecule has 0 N–H and O–H groups in total. The van der Waals surface area contributed by atoms with Crippen molar-refractivity contribution in [2.45, 2.75) is 287 Å². The number of nitrogens with zero attached hydrogens (tertiary/aromatic N) is 4. The number of thiophene rings is 6. The van der Waals surface area contributed by atoms with E-state index in [0.29, 0.717) is 34.0 Å². The third-order valence-electron chi connectivity index (χ3n) is 22.1. The predicted octanol–water partition coefficient (Wildman–Crippen LogP) is 29.6. The lowest BCUT2D eigenvalue weighted by Gasteiger charge is -2.29. The van der Waals surface area contributed by atoms with Crippen LogP contribution in [0.1, 0.15) is 266 Å². The van der Waals surface area contributed by atoms with Crippen molar-refractivity contribution in [3.05, 3.63) is 91.5 Å². The first-order valence-electron chi connectivity index (χ1n) is 38.8. The maximum atomic E-state index is 18.7. The smallest absolute Gasteiger partial charge is 0.134 e. The van der Waals surface area contributed by atoms with E-state index >= 15 is 8.78 Å². The third-order valence-corrected chi connectivity index (χ3v) is 36.0. The number of hydrogen-bond acceptors (Lipinski definition) is 12. The molecule has 0 amide bonds. The molecule has 4 nitrogen and oxygen atoms in total. The van der Waals surface area contributed by atoms with Gasteiger partial charge >= 0.3 is 0 Å². The average molecular weight is 1500 g/mol. The predicted molar refractivity (Wildman–Crippen MR) is 444 cm³/mol. The second-order valence-electron chi connectivity index (χ2n) is 29.2. The topological polar surface area (TPSA) is 51.6 Å². The molecule has 0 radical (unpaired) electrons. The van der Waals surface area contributed by atoms with Crippen molar-refractivity contribution in [1.82, 2.24) is 17.5 Å². The highest BCUT2D eigenvalue weighted by Crippen LogP contribution is 2.56. The van der Waals surface area contributed by atoms with Crippen LogP contribution in [-0.4, -0.2) is 25.6 Å². The Hall–Kier alpha value is -3.90. The van der Waals surface area contributed by atoms with E-state index in [-0.39, 0.29) is 11.6 Å². The molecule has 9 heterocycles. The fourth-order valence-corrected chi connectivity index (χ4v) is 32.2. The Labute approximate surface area is 625 Å². The normalized spacial score (nSPS) is 13.6. The summed E-state index contributed by atoms with van der Waals surface area (Å²) in [6.45, 7) is 22.9. The molecule has 99 heavy (non-hydrogen) atoms. The minimum atomic E-state index is -2.43. The Morgan fingerprint density at radius 3 is 1.31 bits per heavy atom. The molecule has 15 heteroatoms. The van der Waals surface area contributed by atoms with Crippen LogP contribution in [0, 0.1) is 37.3 Å². The maximum Gasteiger partial charge on any atom is 0.134 e. The number of aryl methyl sites for hydroxylation is 4. The second-order valence-corrected chi connectivity index (χ2v) is 41.2. The van der Waals surface area contributed by atoms with Crippen LogP contribution in [0.3, 0.4) is 0 Å². The van der Waals surface area contributed by atoms with Crippen LogP contribution < -0.4 is 10.4 Å². The highest BCUT2D eigenvalue weighted by molar-refractivity contribution is 7.32. The molecule has 8 aromatic heterocycles. The van der Waals surface area contributed by atoms with Gasteiger partial charge in [-0.3, -0.25) is 0 Å². The molecule has 1 aliphatic rings. The summed E-state index contributed by atoms with van der Waals surface area (Å²) in [5, 5.41) is 5.64. The third kappa shape index (κ3) is 16.2. The van der Waals surface area contributed by atoms with Crippen molar-refractivity contribution in [2.24, 2.45) is 11.8 Å². The molecular weight excluding hydrogens is 1390 g/mol. The van der Waals surface area contributed by atoms with E-state index in [0.717, 1.165) is 62.5 Å². The number of fused-ring (bicyclic) bond motifs is 7. The summed E-state index contributed by atoms with van der Waals surface area (Å²) in [5.74, 6) is 0.881. The summed E-state index contributed by atoms with van der Waals surface area (Å²) in [5.41, 5.74) is 11.5. The van der Waals surface area contributed by atoms with Gasteiger partial charge in [0.2, 0.25) is 0 Å². The molecule has 12 rings (SSSR count). The summed E-state index contributed by atoms with van der Waals surface area (Å²) in [4.78, 5) is 13.0. The molecule has 2 unspecified atom stereocenters. The van der Waals surface area contributed by atoms with E-state index < -0.39 is 8.07 Å². The van der Waals surface area contributed by atoms with Crippen LogP contribution in [0.5, 0.6) is 0 Å². The lowest BCUT2D eigenvalue weighted by molar-refractivity contribution is 0.450. The van der Waals surface area contributed by atoms with E-state index in [4.69, 9.17) is 13.1 Å². The van der Waals surface area contributed by atoms with E-state index in [1.807, 2.05) is 47.0 Å². The zero-order chi connectivity index (χ0) is 69.2. The standard InChI is InChI=1S/C84H108F2N4S8Si/c1-11-19-25-29-31-35-41-99(42-36-32-30-26-20-12-2)72-51-67(59-48-63(85)54(10)77-78(59)88-97-87-77)94-83(72)84-73(99)52-68(95-84)60-49-64(86)76(80-79(60)89-98-90-80)71-50-62-75(70-47-58(40-34-28-22-14-4)66(93-70)45-56(18-8)38-24-16-6)81-61(43-53(9)91-81)74(82(62)96-71)69-46-57(39-33-27-21-13-3)65(92-69)44-55(17-7)37-23-15-5/h43,46-52,55-56H,11-42,44-45H2,1-10H3. The minimum absolute atomic E-state index is 0.230. The summed E-state index contributed by atoms with van der Waals surface area (Å²) < 4.78 is 57.1. The lowest BCUT2D eigenvalue weighted by Crippen LogP contribution is -2.54. The number of benzene rings is 3. The van der Waals surface area contributed by atoms with Crippen molar-refractivity contribution in [2.75, 3.05) is 0 Å². The first kappa shape index (κ1) is 74.8. The zero-order valence-electron chi connectivity index (χ0n) is 61.1. The van der Waals surface area contributed by atoms with Crippen LogP contribution in [-0.2, 0) is 25.7 Å². The van der Waals surface area contributed by atoms with Gasteiger partial charge in [0.25, 0.3) is 0 Å². The second kappa shape index (κ2) is 35.3. The summed E-state index contributed by atoms with van der Waals surface area (Å²) in [6.07, 6.45) is 39.5. The molecule has 3 aromatic carbocycles. The molecule has 1 aliphatic heterocycles. The van der Waals surface area contributed by atoms with E-state index in [2.05, 4.69) is 126 Å². The van der Waals surface area contributed by atoms with Crippen molar-refractivity contribution in [1.29, 1.82) is 0 Å². The minimum Gasteiger partial charge on any atom is -0.207 e. The van der Waals surface area contributed by atoms with Gasteiger partial charge in [0.15, 0.2) is 0 Å². The molecule has 0 saturated carbocycles. The first-order chi connectivity index (χ1) is 48.4. The molecule has 0 fully saturated rings. The van der Waals surface area contributed by atoms with Crippen LogP contribution in [0.4, 0.5) is 8.78 Å². The summed E-state index contributed by atoms with van der Waals surface area (Å²) >= 11 is 13.9. The largest absolute Gasteiger partial charge is 0.207 e. The molecule has 2 atom stereocenters. The van der Waals surface area contributed by atoms with Gasteiger partial charge in [0.1, 0.15) is 41.8 Å². The summed E-state index contributed by atoms with van der Waals surface area (Å²) in [6, 6.07) is 21.0. The number of hydrogen-bond donors (Lipinski definition) is 0. The fraction of sp³-hybridized carbons (Fsp3) is 0.548. The monoisotopic (exact) mass is 1490 g/mol. The Kier molecular flexibility index (Phi) is 26.6. The average Bonchev–Trinajstić information content (AvgIpc) is 1.58. The van der Waals surface area contributed by atoms with Gasteiger partial charge in [0, 0.05) is 96.8 Å². The Balaban J connectivity index is 1.03. The van der Waals surface area contributed by atoms with Gasteiger partial charge in [-0.15, -0.1) is 68.0 Å². The van der Waals surface area contributed by atoms with Crippen LogP contribution >= 0.6 is 91.5 Å². The van der Waals surface area contributed by atoms with Crippen molar-refractivity contribution >= 4 is 152 Å². The van der Waals surface area contributed by atoms with Gasteiger partial charge in [-0.2, -0.15) is 17.5 Å². The van der Waals surface area contributed by atoms with Gasteiger partial charge in [-0.05, 0) is 146 Å². The first-order valence-corrected chi connectivity index (χ1v) is 47.6. The van der Waals surface area contributed by atoms with Crippen molar-refractivity contribution in [3.63, 3.8) is 0 Å². The van der Waals surface area contributed by atoms with Crippen molar-refractivity contribution in [3.8, 4) is 62.0 Å². The Morgan fingerprint density at radius 2 is 0.808 bits per heavy atom. The highest BCUT2D eigenvalue weighted by Gasteiger charge is 2.48. The van der Waals surface area contributed by atoms with Crippen LogP contribution in [0.25, 0.3) is 104 Å². The Morgan fingerprint density at radius 1 is 0.384 bits per heavy atom. The highest BCUT2D eigenvalue weighted by atomic mass is 32.1. The molecule has 530 valence electrons. The number of unbranched alkanes of at least 4 members (excludes halogenated alkanes) is 18. The van der Waals surface area contributed by atoms with E-state index in [1.165, 1.54) is 281 Å². The molecule has 0 aliphatic carbocycles. The molecular formula is C84H108F2N4S8Si. The molecule has 0 saturated heterocycles.